The first-order chi connectivity index (χ1) is 29.6. The van der Waals surface area contributed by atoms with Gasteiger partial charge in [-0.2, -0.15) is 0 Å². The molecule has 0 unspecified atom stereocenters. The summed E-state index contributed by atoms with van der Waals surface area (Å²) in [6.07, 6.45) is 8.56. The van der Waals surface area contributed by atoms with Crippen LogP contribution in [0.1, 0.15) is 122 Å². The molecule has 2 fully saturated rings. The Labute approximate surface area is 361 Å². The number of aromatic nitrogens is 2. The molecule has 62 heavy (non-hydrogen) atoms. The van der Waals surface area contributed by atoms with Crippen LogP contribution in [0.4, 0.5) is 0 Å². The molecule has 0 amide bonds. The van der Waals surface area contributed by atoms with E-state index in [1.54, 1.807) is 28.4 Å². The SMILES string of the molecule is COCCCOc1cc2c(cc1OC)-c1cc(=O)c(C(=O)O)cn1[C@@H]1[C@H]2CCC1(C)C.COCCCOc1cc2c(cc1OC)-c1cc(=O)c(C(=O)O)cn1[C@H]1[C@@H]2CCC1(C)C. The number of hydrogen-bond donors (Lipinski definition) is 2. The van der Waals surface area contributed by atoms with Gasteiger partial charge in [0.05, 0.1) is 38.8 Å². The maximum Gasteiger partial charge on any atom is 0.341 e. The summed E-state index contributed by atoms with van der Waals surface area (Å²) in [7, 11) is 6.51. The molecule has 4 aliphatic rings. The van der Waals surface area contributed by atoms with Gasteiger partial charge in [0.2, 0.25) is 0 Å². The fourth-order valence-electron chi connectivity index (χ4n) is 10.4. The van der Waals surface area contributed by atoms with Gasteiger partial charge >= 0.3 is 11.9 Å². The highest BCUT2D eigenvalue weighted by Crippen LogP contribution is 2.61. The summed E-state index contributed by atoms with van der Waals surface area (Å²) in [4.78, 5) is 48.4. The Morgan fingerprint density at radius 1 is 0.597 bits per heavy atom. The highest BCUT2D eigenvalue weighted by molar-refractivity contribution is 5.88. The molecule has 2 aliphatic heterocycles. The first-order valence-electron chi connectivity index (χ1n) is 21.2. The Morgan fingerprint density at radius 2 is 0.984 bits per heavy atom. The van der Waals surface area contributed by atoms with Gasteiger partial charge in [0.25, 0.3) is 0 Å². The molecular formula is C48H58N2O12. The summed E-state index contributed by atoms with van der Waals surface area (Å²) in [6.45, 7) is 11.1. The molecule has 2 aromatic carbocycles. The van der Waals surface area contributed by atoms with Gasteiger partial charge in [-0.3, -0.25) is 9.59 Å². The van der Waals surface area contributed by atoms with Crippen molar-refractivity contribution >= 4 is 11.9 Å². The van der Waals surface area contributed by atoms with Crippen molar-refractivity contribution < 1.29 is 48.2 Å². The molecule has 4 atom stereocenters. The molecular weight excluding hydrogens is 797 g/mol. The van der Waals surface area contributed by atoms with Crippen molar-refractivity contribution in [2.45, 2.75) is 90.1 Å². The van der Waals surface area contributed by atoms with Gasteiger partial charge in [0, 0.05) is 99.8 Å². The van der Waals surface area contributed by atoms with Crippen LogP contribution in [0.5, 0.6) is 23.0 Å². The molecule has 0 spiro atoms. The predicted molar refractivity (Wildman–Crippen MR) is 233 cm³/mol. The average Bonchev–Trinajstić information content (AvgIpc) is 3.74. The van der Waals surface area contributed by atoms with Crippen LogP contribution < -0.4 is 29.8 Å². The van der Waals surface area contributed by atoms with E-state index >= 15 is 0 Å². The topological polar surface area (TPSA) is 174 Å². The van der Waals surface area contributed by atoms with Gasteiger partial charge in [-0.05, 0) is 71.9 Å². The van der Waals surface area contributed by atoms with Gasteiger partial charge in [-0.15, -0.1) is 0 Å². The minimum Gasteiger partial charge on any atom is -0.493 e. The number of carboxylic acids is 2. The number of aromatic carboxylic acids is 2. The lowest BCUT2D eigenvalue weighted by molar-refractivity contribution is 0.0683. The third-order valence-electron chi connectivity index (χ3n) is 13.3. The number of ether oxygens (including phenoxy) is 6. The predicted octanol–water partition coefficient (Wildman–Crippen LogP) is 8.19. The molecule has 2 N–H and O–H groups in total. The normalized spacial score (nSPS) is 20.5. The Kier molecular flexibility index (Phi) is 12.7. The molecule has 4 aromatic rings. The maximum absolute atomic E-state index is 12.6. The van der Waals surface area contributed by atoms with Crippen LogP contribution in [0.15, 0.2) is 58.4 Å². The fourth-order valence-corrected chi connectivity index (χ4v) is 10.4. The van der Waals surface area contributed by atoms with Crippen molar-refractivity contribution in [3.63, 3.8) is 0 Å². The first-order valence-corrected chi connectivity index (χ1v) is 21.2. The van der Waals surface area contributed by atoms with E-state index in [1.807, 2.05) is 33.4 Å². The number of benzene rings is 2. The zero-order chi connectivity index (χ0) is 44.7. The summed E-state index contributed by atoms with van der Waals surface area (Å²) in [5.74, 6) is 0.549. The molecule has 4 heterocycles. The summed E-state index contributed by atoms with van der Waals surface area (Å²) < 4.78 is 37.4. The largest absolute Gasteiger partial charge is 0.493 e. The summed E-state index contributed by atoms with van der Waals surface area (Å²) >= 11 is 0. The van der Waals surface area contributed by atoms with E-state index in [-0.39, 0.29) is 45.9 Å². The Hall–Kier alpha value is -5.60. The molecule has 2 saturated carbocycles. The lowest BCUT2D eigenvalue weighted by atomic mass is 9.77. The van der Waals surface area contributed by atoms with Gasteiger partial charge in [-0.25, -0.2) is 9.59 Å². The zero-order valence-electron chi connectivity index (χ0n) is 36.9. The molecule has 14 nitrogen and oxygen atoms in total. The van der Waals surface area contributed by atoms with E-state index in [0.29, 0.717) is 49.4 Å². The molecule has 2 aliphatic carbocycles. The standard InChI is InChI=1S/2C24H29NO6/c2*1-24(2)7-6-14-15-10-21(31-9-5-8-29-3)20(30-4)11-16(15)18-12-19(26)17(23(27)28)13-25(18)22(14)24/h2*10-14,22H,5-9H2,1-4H3,(H,27,28)/t2*14-,22+/m10/s1. The van der Waals surface area contributed by atoms with Gasteiger partial charge in [0.1, 0.15) is 11.1 Å². The second kappa shape index (κ2) is 17.6. The van der Waals surface area contributed by atoms with Crippen molar-refractivity contribution in [2.24, 2.45) is 10.8 Å². The van der Waals surface area contributed by atoms with Crippen LogP contribution in [-0.4, -0.2) is 86.2 Å². The molecule has 2 aromatic heterocycles. The lowest BCUT2D eigenvalue weighted by Crippen LogP contribution is -2.32. The second-order valence-corrected chi connectivity index (χ2v) is 18.0. The number of fused-ring (bicyclic) bond motifs is 12. The zero-order valence-corrected chi connectivity index (χ0v) is 36.9. The molecule has 332 valence electrons. The number of methoxy groups -OCH3 is 4. The smallest absolute Gasteiger partial charge is 0.341 e. The molecule has 14 heteroatoms. The van der Waals surface area contributed by atoms with E-state index < -0.39 is 22.8 Å². The van der Waals surface area contributed by atoms with Crippen LogP contribution >= 0.6 is 0 Å². The summed E-state index contributed by atoms with van der Waals surface area (Å²) in [5.41, 5.74) is 4.05. The summed E-state index contributed by atoms with van der Waals surface area (Å²) in [6, 6.07) is 10.9. The van der Waals surface area contributed by atoms with E-state index in [1.165, 1.54) is 24.5 Å². The van der Waals surface area contributed by atoms with Crippen LogP contribution in [0.25, 0.3) is 22.5 Å². The molecule has 0 radical (unpaired) electrons. The van der Waals surface area contributed by atoms with E-state index in [4.69, 9.17) is 28.4 Å². The van der Waals surface area contributed by atoms with Gasteiger partial charge in [-0.1, -0.05) is 27.7 Å². The second-order valence-electron chi connectivity index (χ2n) is 18.0. The maximum atomic E-state index is 12.6. The quantitative estimate of drug-likeness (QED) is 0.117. The lowest BCUT2D eigenvalue weighted by Gasteiger charge is -2.40. The Bertz CT molecular complexity index is 2310. The monoisotopic (exact) mass is 854 g/mol. The highest BCUT2D eigenvalue weighted by Gasteiger charge is 2.49. The van der Waals surface area contributed by atoms with Crippen LogP contribution in [0.3, 0.4) is 0 Å². The fraction of sp³-hybridized carbons (Fsp3) is 0.500. The first kappa shape index (κ1) is 44.5. The van der Waals surface area contributed by atoms with Crippen molar-refractivity contribution in [3.05, 3.63) is 91.5 Å². The number of carbonyl (C=O) groups is 2. The molecule has 0 saturated heterocycles. The third-order valence-corrected chi connectivity index (χ3v) is 13.3. The van der Waals surface area contributed by atoms with Crippen LogP contribution in [-0.2, 0) is 9.47 Å². The van der Waals surface area contributed by atoms with Crippen molar-refractivity contribution in [1.29, 1.82) is 0 Å². The van der Waals surface area contributed by atoms with Gasteiger partial charge < -0.3 is 47.8 Å². The van der Waals surface area contributed by atoms with E-state index in [2.05, 4.69) is 27.7 Å². The number of rotatable bonds is 14. The Morgan fingerprint density at radius 3 is 1.32 bits per heavy atom. The number of carboxylic acid groups (broad SMARTS) is 2. The van der Waals surface area contributed by atoms with Crippen LogP contribution in [0, 0.1) is 10.8 Å². The average molecular weight is 855 g/mol. The van der Waals surface area contributed by atoms with Crippen LogP contribution in [0.2, 0.25) is 0 Å². The number of hydrogen-bond acceptors (Lipinski definition) is 10. The Balaban J connectivity index is 0.000000186. The van der Waals surface area contributed by atoms with Crippen molar-refractivity contribution in [1.82, 2.24) is 9.13 Å². The minimum absolute atomic E-state index is 0.0403. The number of nitrogens with zero attached hydrogens (tertiary/aromatic N) is 2. The highest BCUT2D eigenvalue weighted by atomic mass is 16.5. The minimum atomic E-state index is -1.20. The molecule has 0 bridgehead atoms. The number of pyridine rings is 2. The van der Waals surface area contributed by atoms with Gasteiger partial charge in [0.15, 0.2) is 33.9 Å². The van der Waals surface area contributed by atoms with E-state index in [9.17, 15) is 29.4 Å². The summed E-state index contributed by atoms with van der Waals surface area (Å²) in [5, 5.41) is 19.0. The van der Waals surface area contributed by atoms with Crippen molar-refractivity contribution in [2.75, 3.05) is 54.9 Å². The molecule has 8 rings (SSSR count). The van der Waals surface area contributed by atoms with Crippen molar-refractivity contribution in [3.8, 4) is 45.5 Å². The van der Waals surface area contributed by atoms with E-state index in [0.717, 1.165) is 72.2 Å². The third kappa shape index (κ3) is 8.10.